The van der Waals surface area contributed by atoms with Crippen LogP contribution < -0.4 is 16.0 Å². The van der Waals surface area contributed by atoms with E-state index in [1.807, 2.05) is 61.5 Å². The number of hydrogen-bond donors (Lipinski definition) is 1. The summed E-state index contributed by atoms with van der Waals surface area (Å²) in [5.41, 5.74) is 3.05. The number of benzene rings is 2. The van der Waals surface area contributed by atoms with Crippen LogP contribution in [0, 0.1) is 0 Å². The van der Waals surface area contributed by atoms with E-state index in [-0.39, 0.29) is 11.7 Å². The molecular weight excluding hydrogens is 318 g/mol. The van der Waals surface area contributed by atoms with Gasteiger partial charge in [0.1, 0.15) is 0 Å². The van der Waals surface area contributed by atoms with Gasteiger partial charge in [0.25, 0.3) is 0 Å². The number of rotatable bonds is 6. The van der Waals surface area contributed by atoms with Crippen molar-refractivity contribution in [2.45, 2.75) is 19.4 Å². The molecule has 0 radical (unpaired) electrons. The number of fused-ring (bicyclic) bond motifs is 1. The van der Waals surface area contributed by atoms with Crippen LogP contribution in [0.3, 0.4) is 0 Å². The van der Waals surface area contributed by atoms with Crippen molar-refractivity contribution < 1.29 is 9.21 Å². The summed E-state index contributed by atoms with van der Waals surface area (Å²) in [5, 5.41) is 2.93. The van der Waals surface area contributed by atoms with Gasteiger partial charge in [-0.1, -0.05) is 24.3 Å². The summed E-state index contributed by atoms with van der Waals surface area (Å²) in [5.74, 6) is -0.463. The van der Waals surface area contributed by atoms with Gasteiger partial charge in [0.05, 0.1) is 16.9 Å². The molecule has 0 unspecified atom stereocenters. The lowest BCUT2D eigenvalue weighted by molar-refractivity contribution is -0.116. The summed E-state index contributed by atoms with van der Waals surface area (Å²) in [6.07, 6.45) is 0.882. The van der Waals surface area contributed by atoms with E-state index in [2.05, 4.69) is 5.32 Å². The Morgan fingerprint density at radius 3 is 2.64 bits per heavy atom. The Kier molecular flexibility index (Phi) is 4.88. The second-order valence-corrected chi connectivity index (χ2v) is 6.05. The van der Waals surface area contributed by atoms with E-state index >= 15 is 0 Å². The third kappa shape index (κ3) is 3.74. The van der Waals surface area contributed by atoms with Gasteiger partial charge in [-0.2, -0.15) is 0 Å². The maximum Gasteiger partial charge on any atom is 0.419 e. The molecule has 0 aliphatic heterocycles. The van der Waals surface area contributed by atoms with Gasteiger partial charge < -0.3 is 14.6 Å². The topological polar surface area (TPSA) is 67.5 Å². The molecule has 130 valence electrons. The molecule has 0 atom stereocenters. The van der Waals surface area contributed by atoms with Crippen molar-refractivity contribution in [3.05, 3.63) is 59.1 Å². The summed E-state index contributed by atoms with van der Waals surface area (Å²) in [7, 11) is 3.86. The molecule has 6 heteroatoms. The van der Waals surface area contributed by atoms with Gasteiger partial charge >= 0.3 is 5.76 Å². The minimum atomic E-state index is -0.389. The number of aryl methyl sites for hydroxylation is 1. The van der Waals surface area contributed by atoms with Crippen LogP contribution in [0.5, 0.6) is 0 Å². The zero-order valence-electron chi connectivity index (χ0n) is 14.4. The monoisotopic (exact) mass is 339 g/mol. The molecule has 0 bridgehead atoms. The Balaban J connectivity index is 1.62. The highest BCUT2D eigenvalue weighted by molar-refractivity contribution is 5.94. The zero-order chi connectivity index (χ0) is 17.8. The van der Waals surface area contributed by atoms with Crippen molar-refractivity contribution in [1.29, 1.82) is 0 Å². The van der Waals surface area contributed by atoms with Gasteiger partial charge in [-0.15, -0.1) is 0 Å². The number of carbonyl (C=O) groups is 1. The molecule has 0 saturated heterocycles. The third-order valence-electron chi connectivity index (χ3n) is 4.02. The molecule has 0 aliphatic rings. The largest absolute Gasteiger partial charge is 0.419 e. The van der Waals surface area contributed by atoms with Gasteiger partial charge in [0.15, 0.2) is 5.58 Å². The van der Waals surface area contributed by atoms with E-state index in [1.54, 1.807) is 10.6 Å². The van der Waals surface area contributed by atoms with Crippen LogP contribution in [-0.4, -0.2) is 24.6 Å². The van der Waals surface area contributed by atoms with Crippen LogP contribution >= 0.6 is 0 Å². The molecule has 6 nitrogen and oxygen atoms in total. The van der Waals surface area contributed by atoms with E-state index < -0.39 is 0 Å². The van der Waals surface area contributed by atoms with Crippen LogP contribution in [0.4, 0.5) is 11.4 Å². The van der Waals surface area contributed by atoms with Gasteiger partial charge in [-0.3, -0.25) is 9.36 Å². The fourth-order valence-corrected chi connectivity index (χ4v) is 2.81. The number of nitrogens with one attached hydrogen (secondary N) is 1. The quantitative estimate of drug-likeness (QED) is 0.749. The predicted octanol–water partition coefficient (Wildman–Crippen LogP) is 3.08. The number of nitrogens with zero attached hydrogens (tertiary/aromatic N) is 2. The number of para-hydroxylation sites is 4. The highest BCUT2D eigenvalue weighted by Crippen LogP contribution is 2.23. The van der Waals surface area contributed by atoms with E-state index in [4.69, 9.17) is 4.42 Å². The Bertz CT molecular complexity index is 940. The lowest BCUT2D eigenvalue weighted by atomic mass is 10.2. The first kappa shape index (κ1) is 16.8. The second-order valence-electron chi connectivity index (χ2n) is 6.05. The fourth-order valence-electron chi connectivity index (χ4n) is 2.81. The van der Waals surface area contributed by atoms with Gasteiger partial charge in [0.2, 0.25) is 5.91 Å². The molecule has 1 heterocycles. The Labute approximate surface area is 145 Å². The van der Waals surface area contributed by atoms with E-state index in [0.717, 1.165) is 16.9 Å². The van der Waals surface area contributed by atoms with Crippen molar-refractivity contribution in [2.75, 3.05) is 24.3 Å². The minimum Gasteiger partial charge on any atom is -0.408 e. The third-order valence-corrected chi connectivity index (χ3v) is 4.02. The number of aromatic nitrogens is 1. The number of oxazole rings is 1. The normalized spacial score (nSPS) is 10.8. The molecule has 0 spiro atoms. The van der Waals surface area contributed by atoms with Crippen LogP contribution in [0.1, 0.15) is 12.8 Å². The maximum absolute atomic E-state index is 12.2. The molecular formula is C19H21N3O3. The summed E-state index contributed by atoms with van der Waals surface area (Å²) >= 11 is 0. The lowest BCUT2D eigenvalue weighted by Crippen LogP contribution is -2.18. The highest BCUT2D eigenvalue weighted by Gasteiger charge is 2.10. The van der Waals surface area contributed by atoms with Crippen LogP contribution in [0.15, 0.2) is 57.7 Å². The van der Waals surface area contributed by atoms with Gasteiger partial charge in [-0.25, -0.2) is 4.79 Å². The fraction of sp³-hybridized carbons (Fsp3) is 0.263. The number of amides is 1. The summed E-state index contributed by atoms with van der Waals surface area (Å²) < 4.78 is 6.76. The smallest absolute Gasteiger partial charge is 0.408 e. The van der Waals surface area contributed by atoms with Crippen molar-refractivity contribution in [1.82, 2.24) is 4.57 Å². The van der Waals surface area contributed by atoms with Crippen molar-refractivity contribution >= 4 is 28.4 Å². The van der Waals surface area contributed by atoms with Crippen LogP contribution in [0.25, 0.3) is 11.1 Å². The van der Waals surface area contributed by atoms with Crippen molar-refractivity contribution in [3.63, 3.8) is 0 Å². The Hall–Kier alpha value is -3.02. The number of carbonyl (C=O) groups excluding carboxylic acids is 1. The molecule has 0 aliphatic carbocycles. The van der Waals surface area contributed by atoms with Crippen LogP contribution in [0.2, 0.25) is 0 Å². The molecule has 2 aromatic carbocycles. The SMILES string of the molecule is CN(C)c1ccccc1NC(=O)CCCn1c(=O)oc2ccccc21. The average Bonchev–Trinajstić information content (AvgIpc) is 2.91. The second kappa shape index (κ2) is 7.25. The first-order chi connectivity index (χ1) is 12.1. The number of anilines is 2. The molecule has 1 aromatic heterocycles. The molecule has 1 N–H and O–H groups in total. The van der Waals surface area contributed by atoms with Gasteiger partial charge in [0, 0.05) is 27.1 Å². The Morgan fingerprint density at radius 2 is 1.84 bits per heavy atom. The molecule has 3 rings (SSSR count). The summed E-state index contributed by atoms with van der Waals surface area (Å²) in [6, 6.07) is 14.9. The first-order valence-electron chi connectivity index (χ1n) is 8.21. The highest BCUT2D eigenvalue weighted by atomic mass is 16.4. The standard InChI is InChI=1S/C19H21N3O3/c1-21(2)15-9-4-3-8-14(15)20-18(23)12-7-13-22-16-10-5-6-11-17(16)25-19(22)24/h3-6,8-11H,7,12-13H2,1-2H3,(H,20,23). The summed E-state index contributed by atoms with van der Waals surface area (Å²) in [6.45, 7) is 0.443. The zero-order valence-corrected chi connectivity index (χ0v) is 14.4. The molecule has 0 saturated carbocycles. The summed E-state index contributed by atoms with van der Waals surface area (Å²) in [4.78, 5) is 26.1. The number of hydrogen-bond acceptors (Lipinski definition) is 4. The molecule has 1 amide bonds. The van der Waals surface area contributed by atoms with E-state index in [0.29, 0.717) is 25.0 Å². The minimum absolute atomic E-state index is 0.0739. The lowest BCUT2D eigenvalue weighted by Gasteiger charge is -2.17. The Morgan fingerprint density at radius 1 is 1.12 bits per heavy atom. The van der Waals surface area contributed by atoms with Crippen LogP contribution in [-0.2, 0) is 11.3 Å². The van der Waals surface area contributed by atoms with Gasteiger partial charge in [-0.05, 0) is 30.7 Å². The molecule has 25 heavy (non-hydrogen) atoms. The average molecular weight is 339 g/mol. The maximum atomic E-state index is 12.2. The first-order valence-corrected chi connectivity index (χ1v) is 8.21. The predicted molar refractivity (Wildman–Crippen MR) is 99.1 cm³/mol. The van der Waals surface area contributed by atoms with E-state index in [1.165, 1.54) is 0 Å². The van der Waals surface area contributed by atoms with Crippen molar-refractivity contribution in [2.24, 2.45) is 0 Å². The van der Waals surface area contributed by atoms with Crippen molar-refractivity contribution in [3.8, 4) is 0 Å². The van der Waals surface area contributed by atoms with E-state index in [9.17, 15) is 9.59 Å². The molecule has 3 aromatic rings. The molecule has 0 fully saturated rings.